The minimum Gasteiger partial charge on any atom is -0.355 e. The molecule has 2 heteroatoms. The minimum atomic E-state index is 0.961. The van der Waals surface area contributed by atoms with Gasteiger partial charge in [-0.15, -0.1) is 0 Å². The van der Waals surface area contributed by atoms with Crippen LogP contribution in [-0.2, 0) is 6.42 Å². The summed E-state index contributed by atoms with van der Waals surface area (Å²) in [6.45, 7) is 0. The zero-order chi connectivity index (χ0) is 32.3. The maximum atomic E-state index is 3.56. The average molecular weight is 625 g/mol. The molecule has 0 saturated carbocycles. The van der Waals surface area contributed by atoms with Crippen molar-refractivity contribution in [1.82, 2.24) is 4.98 Å². The van der Waals surface area contributed by atoms with Gasteiger partial charge in [-0.3, -0.25) is 0 Å². The first kappa shape index (κ1) is 27.7. The van der Waals surface area contributed by atoms with Crippen molar-refractivity contribution in [3.05, 3.63) is 187 Å². The van der Waals surface area contributed by atoms with Crippen LogP contribution in [0.2, 0.25) is 0 Å². The molecule has 10 rings (SSSR count). The van der Waals surface area contributed by atoms with Gasteiger partial charge in [-0.2, -0.15) is 0 Å². The Kier molecular flexibility index (Phi) is 6.28. The molecule has 49 heavy (non-hydrogen) atoms. The Bertz CT molecular complexity index is 2670. The summed E-state index contributed by atoms with van der Waals surface area (Å²) in [5.74, 6) is 0. The molecular weight excluding hydrogens is 593 g/mol. The van der Waals surface area contributed by atoms with E-state index in [0.29, 0.717) is 0 Å². The summed E-state index contributed by atoms with van der Waals surface area (Å²) >= 11 is 0. The lowest BCUT2D eigenvalue weighted by Crippen LogP contribution is -2.10. The number of fused-ring (bicyclic) bond motifs is 7. The van der Waals surface area contributed by atoms with E-state index >= 15 is 0 Å². The predicted octanol–water partition coefficient (Wildman–Crippen LogP) is 12.8. The maximum Gasteiger partial charge on any atom is 0.0465 e. The van der Waals surface area contributed by atoms with Crippen molar-refractivity contribution in [1.29, 1.82) is 0 Å². The molecule has 0 spiro atoms. The third-order valence-corrected chi connectivity index (χ3v) is 10.2. The van der Waals surface area contributed by atoms with Gasteiger partial charge in [0.05, 0.1) is 0 Å². The molecule has 2 nitrogen and oxygen atoms in total. The van der Waals surface area contributed by atoms with Gasteiger partial charge in [0.15, 0.2) is 0 Å². The Morgan fingerprint density at radius 3 is 1.84 bits per heavy atom. The van der Waals surface area contributed by atoms with Crippen LogP contribution in [0.15, 0.2) is 176 Å². The molecule has 0 atom stereocenters. The van der Waals surface area contributed by atoms with E-state index in [4.69, 9.17) is 0 Å². The molecule has 0 unspecified atom stereocenters. The molecule has 0 amide bonds. The van der Waals surface area contributed by atoms with E-state index in [1.54, 1.807) is 0 Å². The highest BCUT2D eigenvalue weighted by atomic mass is 15.1. The Balaban J connectivity index is 1.06. The molecule has 0 saturated heterocycles. The zero-order valence-electron chi connectivity index (χ0n) is 26.9. The van der Waals surface area contributed by atoms with Crippen LogP contribution in [0.3, 0.4) is 0 Å². The van der Waals surface area contributed by atoms with Gasteiger partial charge in [0, 0.05) is 38.9 Å². The molecule has 8 aromatic carbocycles. The van der Waals surface area contributed by atoms with E-state index in [2.05, 4.69) is 186 Å². The van der Waals surface area contributed by atoms with Crippen LogP contribution in [-0.4, -0.2) is 4.98 Å². The lowest BCUT2D eigenvalue weighted by molar-refractivity contribution is 1.23. The Morgan fingerprint density at radius 2 is 0.980 bits per heavy atom. The molecule has 230 valence electrons. The van der Waals surface area contributed by atoms with Crippen LogP contribution in [0.1, 0.15) is 11.1 Å². The summed E-state index contributed by atoms with van der Waals surface area (Å²) in [4.78, 5) is 5.95. The molecular formula is C47H32N2. The second-order valence-electron chi connectivity index (χ2n) is 13.1. The lowest BCUT2D eigenvalue weighted by Gasteiger charge is -2.26. The van der Waals surface area contributed by atoms with Crippen molar-refractivity contribution >= 4 is 49.6 Å². The smallest absolute Gasteiger partial charge is 0.0465 e. The number of hydrogen-bond donors (Lipinski definition) is 1. The van der Waals surface area contributed by atoms with Crippen LogP contribution in [0.4, 0.5) is 17.1 Å². The molecule has 9 aromatic rings. The number of aromatic nitrogens is 1. The first-order valence-electron chi connectivity index (χ1n) is 17.0. The van der Waals surface area contributed by atoms with Crippen molar-refractivity contribution in [2.75, 3.05) is 4.90 Å². The molecule has 0 bridgehead atoms. The Labute approximate surface area is 285 Å². The average Bonchev–Trinajstić information content (AvgIpc) is 3.73. The van der Waals surface area contributed by atoms with Crippen molar-refractivity contribution in [3.63, 3.8) is 0 Å². The van der Waals surface area contributed by atoms with Crippen molar-refractivity contribution < 1.29 is 0 Å². The first-order valence-corrected chi connectivity index (χ1v) is 17.0. The molecule has 0 aliphatic heterocycles. The number of aromatic amines is 1. The van der Waals surface area contributed by atoms with Crippen molar-refractivity contribution in [3.8, 4) is 33.4 Å². The molecule has 0 fully saturated rings. The highest BCUT2D eigenvalue weighted by molar-refractivity contribution is 6.08. The highest BCUT2D eigenvalue weighted by Gasteiger charge is 2.21. The second kappa shape index (κ2) is 11.1. The lowest BCUT2D eigenvalue weighted by atomic mass is 9.98. The molecule has 1 heterocycles. The summed E-state index contributed by atoms with van der Waals surface area (Å²) < 4.78 is 0. The fourth-order valence-electron chi connectivity index (χ4n) is 7.82. The van der Waals surface area contributed by atoms with Gasteiger partial charge in [0.25, 0.3) is 0 Å². The third kappa shape index (κ3) is 4.64. The fraction of sp³-hybridized carbons (Fsp3) is 0.0213. The van der Waals surface area contributed by atoms with Crippen LogP contribution in [0.5, 0.6) is 0 Å². The van der Waals surface area contributed by atoms with Gasteiger partial charge in [0.1, 0.15) is 0 Å². The van der Waals surface area contributed by atoms with Gasteiger partial charge < -0.3 is 9.88 Å². The fourth-order valence-corrected chi connectivity index (χ4v) is 7.82. The highest BCUT2D eigenvalue weighted by Crippen LogP contribution is 2.43. The molecule has 1 N–H and O–H groups in total. The molecule has 1 aliphatic rings. The summed E-state index contributed by atoms with van der Waals surface area (Å²) in [6.07, 6.45) is 0.961. The number of hydrogen-bond acceptors (Lipinski definition) is 1. The number of nitrogens with one attached hydrogen (secondary N) is 1. The summed E-state index contributed by atoms with van der Waals surface area (Å²) in [5, 5.41) is 5.04. The first-order chi connectivity index (χ1) is 24.3. The number of H-pyrrole nitrogens is 1. The Morgan fingerprint density at radius 1 is 0.367 bits per heavy atom. The van der Waals surface area contributed by atoms with E-state index in [1.165, 1.54) is 77.1 Å². The van der Waals surface area contributed by atoms with Crippen LogP contribution >= 0.6 is 0 Å². The number of para-hydroxylation sites is 1. The second-order valence-corrected chi connectivity index (χ2v) is 13.1. The van der Waals surface area contributed by atoms with Crippen molar-refractivity contribution in [2.24, 2.45) is 0 Å². The number of rotatable bonds is 5. The summed E-state index contributed by atoms with van der Waals surface area (Å²) in [6, 6.07) is 64.3. The van der Waals surface area contributed by atoms with E-state index in [-0.39, 0.29) is 0 Å². The normalized spacial score (nSPS) is 12.0. The van der Waals surface area contributed by atoms with E-state index in [9.17, 15) is 0 Å². The number of benzene rings is 8. The number of anilines is 3. The predicted molar refractivity (Wildman–Crippen MR) is 207 cm³/mol. The summed E-state index contributed by atoms with van der Waals surface area (Å²) in [7, 11) is 0. The third-order valence-electron chi connectivity index (χ3n) is 10.2. The van der Waals surface area contributed by atoms with Gasteiger partial charge in [0.2, 0.25) is 0 Å². The monoisotopic (exact) mass is 624 g/mol. The van der Waals surface area contributed by atoms with Gasteiger partial charge in [-0.1, -0.05) is 121 Å². The Hall–Kier alpha value is -6.38. The maximum absolute atomic E-state index is 3.56. The number of nitrogens with zero attached hydrogens (tertiary/aromatic N) is 1. The van der Waals surface area contributed by atoms with Gasteiger partial charge in [-0.05, 0) is 116 Å². The summed E-state index contributed by atoms with van der Waals surface area (Å²) in [5.41, 5.74) is 16.1. The molecule has 1 aromatic heterocycles. The van der Waals surface area contributed by atoms with Crippen LogP contribution in [0.25, 0.3) is 66.0 Å². The quantitative estimate of drug-likeness (QED) is 0.202. The SMILES string of the molecule is c1ccc2c(c1)Cc1cc(N(c3ccc(-c4ccc5[nH]c6ccccc6c5c4)cc3)c3ccc(-c4cccc5ccccc45)cc3)ccc1-2. The van der Waals surface area contributed by atoms with E-state index in [0.717, 1.165) is 23.5 Å². The zero-order valence-corrected chi connectivity index (χ0v) is 26.9. The van der Waals surface area contributed by atoms with E-state index < -0.39 is 0 Å². The van der Waals surface area contributed by atoms with Gasteiger partial charge in [-0.25, -0.2) is 0 Å². The standard InChI is InChI=1S/C47H32N2/c1-3-11-40-32(8-1)10-7-14-41(40)33-18-23-38(24-19-33)49(39-25-26-43-36(29-39)28-35-9-2-4-12-42(35)43)37-21-16-31(17-22-37)34-20-27-47-45(30-34)44-13-5-6-15-46(44)48-47/h1-27,29-30,48H,28H2. The largest absolute Gasteiger partial charge is 0.355 e. The van der Waals surface area contributed by atoms with E-state index in [1.807, 2.05) is 0 Å². The van der Waals surface area contributed by atoms with Crippen LogP contribution in [0, 0.1) is 0 Å². The van der Waals surface area contributed by atoms with Gasteiger partial charge >= 0.3 is 0 Å². The molecule has 0 radical (unpaired) electrons. The van der Waals surface area contributed by atoms with Crippen LogP contribution < -0.4 is 4.90 Å². The minimum absolute atomic E-state index is 0.961. The topological polar surface area (TPSA) is 19.0 Å². The van der Waals surface area contributed by atoms with Crippen molar-refractivity contribution in [2.45, 2.75) is 6.42 Å². The molecule has 1 aliphatic carbocycles.